The Balaban J connectivity index is 0.000000508. The molecule has 4 aromatic carbocycles. The standard InChI is InChI=1S/2C16H22N2O4.C11H13NO2.C11H11NO2.2ClH.2H3N/c2*1-5-10(18-15(20)22-16(2,3)4)13(19)14-17-11-8-6-7-9-12(11)21-14;2*1-2-5-9(13)11-12-8-6-3-4-7-10(8)14-11;;;;/h2*6-10,13,19H,5H2,1-4H3,(H,18,20);3-4,6-7,9,13H,2,5H2,1H3;3-4,6-7H,2,5H2,1H3;2*1H;2*1H3. The largest absolute Gasteiger partial charge is 0.444 e. The summed E-state index contributed by atoms with van der Waals surface area (Å²) in [6.45, 7) is 18.4. The van der Waals surface area contributed by atoms with Crippen LogP contribution in [-0.2, 0) is 9.47 Å². The van der Waals surface area contributed by atoms with Crippen LogP contribution < -0.4 is 22.9 Å². The predicted octanol–water partition coefficient (Wildman–Crippen LogP) is 13.0. The highest BCUT2D eigenvalue weighted by Crippen LogP contribution is 2.26. The molecule has 4 heterocycles. The van der Waals surface area contributed by atoms with E-state index in [4.69, 9.17) is 27.1 Å². The highest BCUT2D eigenvalue weighted by molar-refractivity contribution is 5.94. The maximum absolute atomic E-state index is 11.8. The van der Waals surface area contributed by atoms with Gasteiger partial charge in [-0.15, -0.1) is 24.8 Å². The van der Waals surface area contributed by atoms with E-state index in [1.165, 1.54) is 0 Å². The van der Waals surface area contributed by atoms with Crippen LogP contribution in [0.3, 0.4) is 0 Å². The van der Waals surface area contributed by atoms with Crippen molar-refractivity contribution in [3.05, 3.63) is 121 Å². The zero-order chi connectivity index (χ0) is 52.6. The van der Waals surface area contributed by atoms with Crippen molar-refractivity contribution in [1.29, 1.82) is 0 Å². The minimum absolute atomic E-state index is 0. The minimum atomic E-state index is -1.04. The van der Waals surface area contributed by atoms with Crippen molar-refractivity contribution >= 4 is 87.2 Å². The molecule has 0 fully saturated rings. The second-order valence-electron chi connectivity index (χ2n) is 18.7. The number of halogens is 2. The molecule has 5 atom stereocenters. The smallest absolute Gasteiger partial charge is 0.407 e. The Bertz CT molecular complexity index is 2730. The van der Waals surface area contributed by atoms with Crippen LogP contribution in [0.1, 0.15) is 154 Å². The molecule has 8 aromatic rings. The molecule has 0 aliphatic heterocycles. The summed E-state index contributed by atoms with van der Waals surface area (Å²) in [5.74, 6) is 0.998. The lowest BCUT2D eigenvalue weighted by molar-refractivity contribution is 0.0379. The van der Waals surface area contributed by atoms with Crippen LogP contribution in [0.2, 0.25) is 0 Å². The van der Waals surface area contributed by atoms with Crippen molar-refractivity contribution in [2.45, 2.75) is 149 Å². The maximum atomic E-state index is 11.8. The van der Waals surface area contributed by atoms with Gasteiger partial charge in [0.05, 0.1) is 12.1 Å². The number of aromatic nitrogens is 4. The number of hydrogen-bond acceptors (Lipinski definition) is 18. The number of oxazole rings is 4. The molecule has 0 saturated heterocycles. The summed E-state index contributed by atoms with van der Waals surface area (Å²) in [4.78, 5) is 52.0. The molecule has 0 aliphatic carbocycles. The van der Waals surface area contributed by atoms with E-state index in [-0.39, 0.29) is 60.6 Å². The van der Waals surface area contributed by atoms with Crippen LogP contribution in [0.25, 0.3) is 44.4 Å². The van der Waals surface area contributed by atoms with Crippen molar-refractivity contribution in [3.63, 3.8) is 0 Å². The molecule has 22 heteroatoms. The summed E-state index contributed by atoms with van der Waals surface area (Å²) in [5.41, 5.74) is 4.31. The van der Waals surface area contributed by atoms with Crippen LogP contribution in [0.15, 0.2) is 115 Å². The van der Waals surface area contributed by atoms with Gasteiger partial charge in [0, 0.05) is 6.42 Å². The molecule has 20 nitrogen and oxygen atoms in total. The van der Waals surface area contributed by atoms with E-state index in [9.17, 15) is 29.7 Å². The van der Waals surface area contributed by atoms with Gasteiger partial charge in [-0.2, -0.15) is 0 Å². The lowest BCUT2D eigenvalue weighted by Gasteiger charge is -2.24. The van der Waals surface area contributed by atoms with Gasteiger partial charge in [-0.25, -0.2) is 29.5 Å². The average molecular weight is 1100 g/mol. The van der Waals surface area contributed by atoms with Crippen LogP contribution in [0.4, 0.5) is 9.59 Å². The highest BCUT2D eigenvalue weighted by Gasteiger charge is 2.29. The SMILES string of the molecule is CCC(NC(=O)OC(C)(C)C)C(O)c1nc2ccccc2o1.CCC(NC(=O)OC(C)(C)C)C(O)c1nc2ccccc2o1.CCCC(=O)c1nc2ccccc2o1.CCCC(O)c1nc2ccccc2o1.Cl.Cl.N.N. The Morgan fingerprint density at radius 3 is 1.16 bits per heavy atom. The molecule has 0 saturated carbocycles. The molecule has 418 valence electrons. The summed E-state index contributed by atoms with van der Waals surface area (Å²) in [6, 6.07) is 28.3. The second-order valence-corrected chi connectivity index (χ2v) is 18.7. The van der Waals surface area contributed by atoms with Crippen LogP contribution >= 0.6 is 24.8 Å². The molecular weight excluding hydrogens is 1020 g/mol. The van der Waals surface area contributed by atoms with Gasteiger partial charge in [-0.3, -0.25) is 4.79 Å². The normalized spacial score (nSPS) is 12.9. The fraction of sp³-hybridized carbons (Fsp3) is 0.426. The first-order valence-corrected chi connectivity index (χ1v) is 24.2. The Hall–Kier alpha value is -6.65. The van der Waals surface area contributed by atoms with E-state index in [1.807, 2.05) is 100 Å². The molecule has 2 amide bonds. The predicted molar refractivity (Wildman–Crippen MR) is 296 cm³/mol. The van der Waals surface area contributed by atoms with Crippen LogP contribution in [0, 0.1) is 0 Å². The Morgan fingerprint density at radius 1 is 0.513 bits per heavy atom. The van der Waals surface area contributed by atoms with Gasteiger partial charge in [0.1, 0.15) is 39.4 Å². The zero-order valence-corrected chi connectivity index (χ0v) is 46.5. The number of ketones is 1. The topological polar surface area (TPSA) is 329 Å². The number of alkyl carbamates (subject to hydrolysis) is 2. The molecule has 11 N–H and O–H groups in total. The number of nitrogens with zero attached hydrogens (tertiary/aromatic N) is 4. The summed E-state index contributed by atoms with van der Waals surface area (Å²) in [6.07, 6.45) is 0.140. The van der Waals surface area contributed by atoms with E-state index in [0.29, 0.717) is 59.4 Å². The van der Waals surface area contributed by atoms with Gasteiger partial charge in [0.15, 0.2) is 34.5 Å². The van der Waals surface area contributed by atoms with Crippen LogP contribution in [0.5, 0.6) is 0 Å². The number of aliphatic hydroxyl groups excluding tert-OH is 3. The summed E-state index contributed by atoms with van der Waals surface area (Å²) in [5, 5.41) is 35.8. The van der Waals surface area contributed by atoms with Gasteiger partial charge >= 0.3 is 12.2 Å². The first kappa shape index (κ1) is 67.4. The molecule has 8 rings (SSSR count). The lowest BCUT2D eigenvalue weighted by Crippen LogP contribution is -2.42. The van der Waals surface area contributed by atoms with Gasteiger partial charge in [-0.05, 0) is 116 Å². The Labute approximate surface area is 455 Å². The van der Waals surface area contributed by atoms with Crippen LogP contribution in [-0.4, -0.2) is 76.5 Å². The van der Waals surface area contributed by atoms with E-state index < -0.39 is 53.8 Å². The third-order valence-corrected chi connectivity index (χ3v) is 10.3. The fourth-order valence-electron chi connectivity index (χ4n) is 6.86. The number of aliphatic hydroxyl groups is 3. The zero-order valence-electron chi connectivity index (χ0n) is 44.9. The number of nitrogens with one attached hydrogen (secondary N) is 2. The monoisotopic (exact) mass is 1100 g/mol. The number of carbonyl (C=O) groups is 3. The number of ether oxygens (including phenoxy) is 2. The maximum Gasteiger partial charge on any atom is 0.407 e. The van der Waals surface area contributed by atoms with Crippen molar-refractivity contribution in [2.24, 2.45) is 0 Å². The van der Waals surface area contributed by atoms with Crippen molar-refractivity contribution < 1.29 is 56.8 Å². The van der Waals surface area contributed by atoms with Gasteiger partial charge in [0.25, 0.3) is 5.89 Å². The average Bonchev–Trinajstić information content (AvgIpc) is 4.16. The first-order chi connectivity index (χ1) is 34.2. The number of Topliss-reactive ketones (excluding diaryl/α,β-unsaturated/α-hetero) is 1. The van der Waals surface area contributed by atoms with Gasteiger partial charge in [0.2, 0.25) is 23.5 Å². The number of para-hydroxylation sites is 8. The molecule has 0 bridgehead atoms. The molecular formula is C54H76Cl2N8O12. The van der Waals surface area contributed by atoms with Gasteiger partial charge in [-0.1, -0.05) is 82.6 Å². The molecule has 0 radical (unpaired) electrons. The van der Waals surface area contributed by atoms with Gasteiger partial charge < -0.3 is 65.4 Å². The number of amides is 2. The summed E-state index contributed by atoms with van der Waals surface area (Å²) >= 11 is 0. The van der Waals surface area contributed by atoms with Crippen molar-refractivity contribution in [1.82, 2.24) is 42.9 Å². The number of fused-ring (bicyclic) bond motifs is 4. The van der Waals surface area contributed by atoms with E-state index in [0.717, 1.165) is 29.5 Å². The lowest BCUT2D eigenvalue weighted by atomic mass is 10.1. The summed E-state index contributed by atoms with van der Waals surface area (Å²) < 4.78 is 32.2. The fourth-order valence-corrected chi connectivity index (χ4v) is 6.86. The quantitative estimate of drug-likeness (QED) is 0.0497. The molecule has 0 spiro atoms. The second kappa shape index (κ2) is 31.4. The van der Waals surface area contributed by atoms with E-state index >= 15 is 0 Å². The Morgan fingerprint density at radius 2 is 0.842 bits per heavy atom. The molecule has 4 aromatic heterocycles. The highest BCUT2D eigenvalue weighted by atomic mass is 35.5. The van der Waals surface area contributed by atoms with E-state index in [2.05, 4.69) is 30.6 Å². The number of hydrogen-bond donors (Lipinski definition) is 7. The van der Waals surface area contributed by atoms with Crippen molar-refractivity contribution in [3.8, 4) is 0 Å². The molecule has 76 heavy (non-hydrogen) atoms. The number of benzene rings is 4. The number of carbonyl (C=O) groups excluding carboxylic acids is 3. The molecule has 0 aliphatic rings. The minimum Gasteiger partial charge on any atom is -0.444 e. The summed E-state index contributed by atoms with van der Waals surface area (Å²) in [7, 11) is 0. The molecule has 5 unspecified atom stereocenters. The van der Waals surface area contributed by atoms with Crippen molar-refractivity contribution in [2.75, 3.05) is 0 Å². The van der Waals surface area contributed by atoms with E-state index in [1.54, 1.807) is 65.8 Å². The third kappa shape index (κ3) is 20.1. The third-order valence-electron chi connectivity index (χ3n) is 10.3. The Kier molecular flexibility index (Phi) is 27.8. The first-order valence-electron chi connectivity index (χ1n) is 24.2. The number of rotatable bonds is 14.